The highest BCUT2D eigenvalue weighted by atomic mass is 16.4. The normalized spacial score (nSPS) is 17.1. The van der Waals surface area contributed by atoms with Crippen LogP contribution in [0.15, 0.2) is 30.7 Å². The average molecular weight is 401 g/mol. The molecule has 2 aromatic rings. The fourth-order valence-electron chi connectivity index (χ4n) is 3.70. The summed E-state index contributed by atoms with van der Waals surface area (Å²) in [5.41, 5.74) is 6.39. The lowest BCUT2D eigenvalue weighted by Gasteiger charge is -2.41. The van der Waals surface area contributed by atoms with Gasteiger partial charge in [-0.15, -0.1) is 0 Å². The third-order valence-corrected chi connectivity index (χ3v) is 5.50. The average Bonchev–Trinajstić information content (AvgIpc) is 2.71. The van der Waals surface area contributed by atoms with E-state index in [0.29, 0.717) is 25.9 Å². The number of piperidine rings is 1. The van der Waals surface area contributed by atoms with Gasteiger partial charge in [0.2, 0.25) is 5.91 Å². The number of nitrogens with zero attached hydrogens (tertiary/aromatic N) is 4. The lowest BCUT2D eigenvalue weighted by molar-refractivity contribution is -0.139. The second-order valence-corrected chi connectivity index (χ2v) is 7.67. The van der Waals surface area contributed by atoms with Crippen LogP contribution in [0.2, 0.25) is 0 Å². The second kappa shape index (κ2) is 8.71. The van der Waals surface area contributed by atoms with Crippen molar-refractivity contribution in [2.45, 2.75) is 37.3 Å². The van der Waals surface area contributed by atoms with Crippen LogP contribution in [0, 0.1) is 0 Å². The first-order valence-electron chi connectivity index (χ1n) is 9.67. The van der Waals surface area contributed by atoms with E-state index in [9.17, 15) is 14.7 Å². The number of anilines is 1. The molecule has 0 bridgehead atoms. The summed E-state index contributed by atoms with van der Waals surface area (Å²) < 4.78 is 0. The van der Waals surface area contributed by atoms with Crippen LogP contribution in [0.3, 0.4) is 0 Å². The molecule has 9 heteroatoms. The largest absolute Gasteiger partial charge is 0.480 e. The van der Waals surface area contributed by atoms with Gasteiger partial charge >= 0.3 is 5.97 Å². The molecule has 3 heterocycles. The van der Waals surface area contributed by atoms with E-state index in [1.54, 1.807) is 25.6 Å². The molecular formula is C20H27N5O4. The predicted octanol–water partition coefficient (Wildman–Crippen LogP) is 0.612. The maximum Gasteiger partial charge on any atom is 0.320 e. The zero-order valence-electron chi connectivity index (χ0n) is 16.5. The van der Waals surface area contributed by atoms with Crippen LogP contribution >= 0.6 is 0 Å². The summed E-state index contributed by atoms with van der Waals surface area (Å²) in [5, 5.41) is 20.8. The summed E-state index contributed by atoms with van der Waals surface area (Å²) in [6, 6.07) is 2.77. The van der Waals surface area contributed by atoms with Gasteiger partial charge in [-0.1, -0.05) is 0 Å². The van der Waals surface area contributed by atoms with Gasteiger partial charge in [0.05, 0.1) is 11.1 Å². The van der Waals surface area contributed by atoms with Gasteiger partial charge in [0.15, 0.2) is 0 Å². The van der Waals surface area contributed by atoms with Crippen molar-refractivity contribution < 1.29 is 19.8 Å². The van der Waals surface area contributed by atoms with Crippen LogP contribution in [-0.4, -0.2) is 75.3 Å². The van der Waals surface area contributed by atoms with E-state index in [0.717, 1.165) is 16.6 Å². The van der Waals surface area contributed by atoms with E-state index in [1.165, 1.54) is 4.90 Å². The van der Waals surface area contributed by atoms with Crippen LogP contribution in [0.1, 0.15) is 25.7 Å². The summed E-state index contributed by atoms with van der Waals surface area (Å²) >= 11 is 0. The van der Waals surface area contributed by atoms with Crippen molar-refractivity contribution in [1.82, 2.24) is 14.9 Å². The lowest BCUT2D eigenvalue weighted by atomic mass is 9.90. The molecule has 0 spiro atoms. The number of aromatic nitrogens is 2. The van der Waals surface area contributed by atoms with E-state index in [4.69, 9.17) is 10.8 Å². The number of nitrogens with two attached hydrogens (primary N) is 1. The van der Waals surface area contributed by atoms with Gasteiger partial charge in [-0.2, -0.15) is 0 Å². The number of hydrogen-bond acceptors (Lipinski definition) is 7. The van der Waals surface area contributed by atoms with Crippen LogP contribution in [-0.2, 0) is 9.59 Å². The summed E-state index contributed by atoms with van der Waals surface area (Å²) in [7, 11) is 1.63. The molecule has 1 atom stereocenters. The number of carbonyl (C=O) groups excluding carboxylic acids is 1. The number of fused-ring (bicyclic) bond motifs is 1. The molecule has 0 unspecified atom stereocenters. The summed E-state index contributed by atoms with van der Waals surface area (Å²) in [5.74, 6) is -1.34. The monoisotopic (exact) mass is 401 g/mol. The third kappa shape index (κ3) is 4.99. The van der Waals surface area contributed by atoms with E-state index in [-0.39, 0.29) is 25.3 Å². The van der Waals surface area contributed by atoms with Gasteiger partial charge < -0.3 is 25.7 Å². The molecule has 2 aromatic heterocycles. The zero-order chi connectivity index (χ0) is 21.0. The molecule has 1 fully saturated rings. The van der Waals surface area contributed by atoms with E-state index < -0.39 is 17.6 Å². The Morgan fingerprint density at radius 1 is 1.31 bits per heavy atom. The molecule has 9 nitrogen and oxygen atoms in total. The Kier molecular flexibility index (Phi) is 6.29. The molecule has 0 aliphatic carbocycles. The molecular weight excluding hydrogens is 374 g/mol. The number of pyridine rings is 2. The fraction of sp³-hybridized carbons (Fsp3) is 0.500. The number of likely N-dealkylation sites (N-methyl/N-ethyl adjacent to an activating group) is 1. The quantitative estimate of drug-likeness (QED) is 0.615. The number of hydrogen-bond donors (Lipinski definition) is 3. The van der Waals surface area contributed by atoms with Crippen molar-refractivity contribution >= 4 is 28.5 Å². The molecule has 0 saturated carbocycles. The highest BCUT2D eigenvalue weighted by Gasteiger charge is 2.35. The Balaban J connectivity index is 1.57. The molecule has 3 rings (SSSR count). The van der Waals surface area contributed by atoms with Crippen LogP contribution < -0.4 is 10.6 Å². The summed E-state index contributed by atoms with van der Waals surface area (Å²) in [6.07, 6.45) is 6.44. The van der Waals surface area contributed by atoms with E-state index >= 15 is 0 Å². The maximum atomic E-state index is 12.3. The minimum Gasteiger partial charge on any atom is -0.480 e. The molecule has 29 heavy (non-hydrogen) atoms. The van der Waals surface area contributed by atoms with Gasteiger partial charge in [-0.3, -0.25) is 19.6 Å². The zero-order valence-corrected chi connectivity index (χ0v) is 16.5. The molecule has 1 aliphatic heterocycles. The van der Waals surface area contributed by atoms with E-state index in [1.807, 2.05) is 12.1 Å². The van der Waals surface area contributed by atoms with Crippen molar-refractivity contribution in [3.05, 3.63) is 30.7 Å². The molecule has 1 amide bonds. The van der Waals surface area contributed by atoms with Gasteiger partial charge in [-0.25, -0.2) is 0 Å². The molecule has 156 valence electrons. The maximum absolute atomic E-state index is 12.3. The topological polar surface area (TPSA) is 133 Å². The van der Waals surface area contributed by atoms with Crippen LogP contribution in [0.5, 0.6) is 0 Å². The van der Waals surface area contributed by atoms with Gasteiger partial charge in [0.1, 0.15) is 6.04 Å². The SMILES string of the molecule is CN(CC1(O)CCN(c2ccnc3ccncc23)CC1)C(=O)CC[C@H](N)C(=O)O. The Morgan fingerprint density at radius 3 is 2.72 bits per heavy atom. The Morgan fingerprint density at radius 2 is 2.03 bits per heavy atom. The van der Waals surface area contributed by atoms with Crippen molar-refractivity contribution in [1.29, 1.82) is 0 Å². The molecule has 0 aromatic carbocycles. The Hall–Kier alpha value is -2.78. The molecule has 0 radical (unpaired) electrons. The van der Waals surface area contributed by atoms with Crippen LogP contribution in [0.25, 0.3) is 10.9 Å². The van der Waals surface area contributed by atoms with Gasteiger partial charge in [0.25, 0.3) is 0 Å². The Bertz CT molecular complexity index is 877. The molecule has 1 saturated heterocycles. The molecule has 1 aliphatic rings. The summed E-state index contributed by atoms with van der Waals surface area (Å²) in [4.78, 5) is 35.3. The van der Waals surface area contributed by atoms with Crippen molar-refractivity contribution in [3.63, 3.8) is 0 Å². The predicted molar refractivity (Wildman–Crippen MR) is 108 cm³/mol. The minimum atomic E-state index is -1.12. The van der Waals surface area contributed by atoms with Crippen molar-refractivity contribution in [3.8, 4) is 0 Å². The number of carbonyl (C=O) groups is 2. The standard InChI is InChI=1S/C20H27N5O4/c1-24(18(26)3-2-15(21)19(27)28)13-20(29)6-10-25(11-7-20)17-5-9-23-16-4-8-22-12-14(16)17/h4-5,8-9,12,15,29H,2-3,6-7,10-11,13,21H2,1H3,(H,27,28)/t15-/m0/s1. The first-order valence-corrected chi connectivity index (χ1v) is 9.67. The van der Waals surface area contributed by atoms with Crippen molar-refractivity contribution in [2.24, 2.45) is 5.73 Å². The second-order valence-electron chi connectivity index (χ2n) is 7.67. The number of aliphatic hydroxyl groups is 1. The number of aliphatic carboxylic acids is 1. The number of rotatable bonds is 7. The first-order chi connectivity index (χ1) is 13.8. The number of amides is 1. The van der Waals surface area contributed by atoms with Gasteiger partial charge in [0, 0.05) is 62.8 Å². The highest BCUT2D eigenvalue weighted by Crippen LogP contribution is 2.30. The third-order valence-electron chi connectivity index (χ3n) is 5.50. The van der Waals surface area contributed by atoms with Crippen LogP contribution in [0.4, 0.5) is 5.69 Å². The van der Waals surface area contributed by atoms with Crippen molar-refractivity contribution in [2.75, 3.05) is 31.6 Å². The minimum absolute atomic E-state index is 0.0438. The van der Waals surface area contributed by atoms with E-state index in [2.05, 4.69) is 14.9 Å². The lowest BCUT2D eigenvalue weighted by Crippen LogP contribution is -2.51. The first kappa shape index (κ1) is 20.9. The van der Waals surface area contributed by atoms with Gasteiger partial charge in [-0.05, 0) is 31.4 Å². The summed E-state index contributed by atoms with van der Waals surface area (Å²) in [6.45, 7) is 1.51. The molecule has 4 N–H and O–H groups in total. The number of carboxylic acids is 1. The highest BCUT2D eigenvalue weighted by molar-refractivity contribution is 5.90. The Labute approximate surface area is 169 Å². The number of carboxylic acid groups (broad SMARTS) is 1. The fourth-order valence-corrected chi connectivity index (χ4v) is 3.70. The smallest absolute Gasteiger partial charge is 0.320 e.